The zero-order chi connectivity index (χ0) is 23.4. The van der Waals surface area contributed by atoms with Crippen LogP contribution in [0.25, 0.3) is 10.9 Å². The molecule has 2 aliphatic heterocycles. The number of aromatic amines is 1. The molecule has 1 amide bonds. The molecule has 3 heterocycles. The Bertz CT molecular complexity index is 1110. The minimum Gasteiger partial charge on any atom is -0.491 e. The van der Waals surface area contributed by atoms with Crippen LogP contribution in [0.3, 0.4) is 0 Å². The number of halogens is 1. The van der Waals surface area contributed by atoms with E-state index in [-0.39, 0.29) is 18.9 Å². The Hall–Kier alpha value is -2.58. The van der Waals surface area contributed by atoms with Crippen molar-refractivity contribution in [2.45, 2.75) is 18.6 Å². The molecular formula is C26H30ClN3O4. The van der Waals surface area contributed by atoms with E-state index < -0.39 is 5.60 Å². The highest BCUT2D eigenvalue weighted by Gasteiger charge is 2.41. The number of ether oxygens (including phenoxy) is 3. The smallest absolute Gasteiger partial charge is 0.225 e. The number of nitrogens with one attached hydrogen (secondary N) is 1. The van der Waals surface area contributed by atoms with Gasteiger partial charge < -0.3 is 24.1 Å². The molecule has 0 spiro atoms. The van der Waals surface area contributed by atoms with Crippen LogP contribution >= 0.6 is 11.6 Å². The van der Waals surface area contributed by atoms with Crippen LogP contribution in [0.4, 0.5) is 0 Å². The van der Waals surface area contributed by atoms with E-state index in [1.54, 1.807) is 12.1 Å². The summed E-state index contributed by atoms with van der Waals surface area (Å²) in [5.41, 5.74) is 1.65. The average Bonchev–Trinajstić information content (AvgIpc) is 3.35. The van der Waals surface area contributed by atoms with Gasteiger partial charge in [0.25, 0.3) is 0 Å². The first-order chi connectivity index (χ1) is 16.6. The van der Waals surface area contributed by atoms with Crippen molar-refractivity contribution in [1.29, 1.82) is 0 Å². The molecule has 0 bridgehead atoms. The normalized spacial score (nSPS) is 21.6. The minimum atomic E-state index is -0.737. The number of carbonyl (C=O) groups is 1. The Kier molecular flexibility index (Phi) is 7.06. The Labute approximate surface area is 204 Å². The van der Waals surface area contributed by atoms with Crippen LogP contribution in [0.1, 0.15) is 12.0 Å². The molecule has 2 aliphatic rings. The van der Waals surface area contributed by atoms with Gasteiger partial charge in [-0.3, -0.25) is 9.69 Å². The minimum absolute atomic E-state index is 0.0811. The Balaban J connectivity index is 1.34. The van der Waals surface area contributed by atoms with Gasteiger partial charge in [0, 0.05) is 54.8 Å². The highest BCUT2D eigenvalue weighted by molar-refractivity contribution is 6.30. The van der Waals surface area contributed by atoms with Gasteiger partial charge in [0.1, 0.15) is 18.0 Å². The van der Waals surface area contributed by atoms with Crippen molar-refractivity contribution in [3.8, 4) is 5.75 Å². The zero-order valence-corrected chi connectivity index (χ0v) is 19.9. The van der Waals surface area contributed by atoms with E-state index in [0.29, 0.717) is 50.2 Å². The summed E-state index contributed by atoms with van der Waals surface area (Å²) in [6.07, 6.45) is 2.24. The van der Waals surface area contributed by atoms with Gasteiger partial charge in [0.2, 0.25) is 5.91 Å². The number of hydrogen-bond acceptors (Lipinski definition) is 5. The van der Waals surface area contributed by atoms with E-state index >= 15 is 0 Å². The second kappa shape index (κ2) is 10.4. The molecule has 5 rings (SSSR count). The summed E-state index contributed by atoms with van der Waals surface area (Å²) in [5, 5.41) is 1.88. The molecule has 0 unspecified atom stereocenters. The third-order valence-corrected chi connectivity index (χ3v) is 6.81. The molecule has 2 saturated heterocycles. The van der Waals surface area contributed by atoms with E-state index in [9.17, 15) is 4.79 Å². The van der Waals surface area contributed by atoms with Crippen molar-refractivity contribution in [1.82, 2.24) is 14.8 Å². The van der Waals surface area contributed by atoms with Crippen LogP contribution in [0.5, 0.6) is 5.75 Å². The SMILES string of the molecule is O=C(C[C@]1(COc2ccc(Cl)cc2)CN(Cc2cccc3[nH]ccc23)CCO1)N1CCOCC1. The monoisotopic (exact) mass is 483 g/mol. The lowest BCUT2D eigenvalue weighted by atomic mass is 9.96. The lowest BCUT2D eigenvalue weighted by Crippen LogP contribution is -2.57. The van der Waals surface area contributed by atoms with Gasteiger partial charge in [-0.1, -0.05) is 23.7 Å². The van der Waals surface area contributed by atoms with Crippen LogP contribution in [-0.2, 0) is 20.8 Å². The summed E-state index contributed by atoms with van der Waals surface area (Å²) >= 11 is 6.02. The summed E-state index contributed by atoms with van der Waals surface area (Å²) in [7, 11) is 0. The first kappa shape index (κ1) is 23.2. The van der Waals surface area contributed by atoms with Gasteiger partial charge in [-0.15, -0.1) is 0 Å². The Morgan fingerprint density at radius 1 is 1.06 bits per heavy atom. The van der Waals surface area contributed by atoms with E-state index in [4.69, 9.17) is 25.8 Å². The third kappa shape index (κ3) is 5.39. The quantitative estimate of drug-likeness (QED) is 0.554. The van der Waals surface area contributed by atoms with Gasteiger partial charge in [0.05, 0.1) is 26.2 Å². The average molecular weight is 484 g/mol. The van der Waals surface area contributed by atoms with Crippen molar-refractivity contribution in [2.24, 2.45) is 0 Å². The standard InChI is InChI=1S/C26H30ClN3O4/c27-21-4-6-22(7-5-21)33-19-26(16-25(31)30-11-13-32-14-12-30)18-29(10-15-34-26)17-20-2-1-3-24-23(20)8-9-28-24/h1-9,28H,10-19H2/t26-/m1/s1. The number of aromatic nitrogens is 1. The van der Waals surface area contributed by atoms with Crippen LogP contribution in [0.15, 0.2) is 54.7 Å². The number of amides is 1. The summed E-state index contributed by atoms with van der Waals surface area (Å²) in [5.74, 6) is 0.790. The third-order valence-electron chi connectivity index (χ3n) is 6.56. The highest BCUT2D eigenvalue weighted by atomic mass is 35.5. The van der Waals surface area contributed by atoms with E-state index in [0.717, 1.165) is 18.6 Å². The van der Waals surface area contributed by atoms with Crippen LogP contribution in [0, 0.1) is 0 Å². The van der Waals surface area contributed by atoms with Crippen molar-refractivity contribution < 1.29 is 19.0 Å². The first-order valence-electron chi connectivity index (χ1n) is 11.8. The maximum atomic E-state index is 13.2. The lowest BCUT2D eigenvalue weighted by Gasteiger charge is -2.43. The van der Waals surface area contributed by atoms with Gasteiger partial charge in [-0.25, -0.2) is 0 Å². The molecule has 7 nitrogen and oxygen atoms in total. The molecule has 0 aliphatic carbocycles. The fourth-order valence-corrected chi connectivity index (χ4v) is 4.90. The maximum absolute atomic E-state index is 13.2. The van der Waals surface area contributed by atoms with E-state index in [2.05, 4.69) is 34.1 Å². The maximum Gasteiger partial charge on any atom is 0.225 e. The zero-order valence-electron chi connectivity index (χ0n) is 19.2. The molecule has 2 aromatic carbocycles. The topological polar surface area (TPSA) is 67.0 Å². The predicted octanol–water partition coefficient (Wildman–Crippen LogP) is 3.72. The van der Waals surface area contributed by atoms with Gasteiger partial charge in [-0.2, -0.15) is 0 Å². The van der Waals surface area contributed by atoms with Gasteiger partial charge in [0.15, 0.2) is 0 Å². The lowest BCUT2D eigenvalue weighted by molar-refractivity contribution is -0.159. The number of nitrogens with zero attached hydrogens (tertiary/aromatic N) is 2. The molecule has 2 fully saturated rings. The second-order valence-corrected chi connectivity index (χ2v) is 9.45. The van der Waals surface area contributed by atoms with Gasteiger partial charge >= 0.3 is 0 Å². The molecule has 180 valence electrons. The summed E-state index contributed by atoms with van der Waals surface area (Å²) < 4.78 is 17.9. The number of rotatable bonds is 7. The molecule has 1 atom stereocenters. The summed E-state index contributed by atoms with van der Waals surface area (Å²) in [6.45, 7) is 5.42. The fourth-order valence-electron chi connectivity index (χ4n) is 4.78. The number of fused-ring (bicyclic) bond motifs is 1. The largest absolute Gasteiger partial charge is 0.491 e. The Morgan fingerprint density at radius 2 is 1.88 bits per heavy atom. The molecule has 3 aromatic rings. The molecule has 0 saturated carbocycles. The first-order valence-corrected chi connectivity index (χ1v) is 12.1. The molecular weight excluding hydrogens is 454 g/mol. The number of H-pyrrole nitrogens is 1. The Morgan fingerprint density at radius 3 is 2.71 bits per heavy atom. The number of benzene rings is 2. The molecule has 1 aromatic heterocycles. The molecule has 1 N–H and O–H groups in total. The van der Waals surface area contributed by atoms with Crippen LogP contribution in [-0.4, -0.2) is 78.9 Å². The second-order valence-electron chi connectivity index (χ2n) is 9.01. The van der Waals surface area contributed by atoms with Gasteiger partial charge in [-0.05, 0) is 42.0 Å². The van der Waals surface area contributed by atoms with Crippen LogP contribution < -0.4 is 4.74 Å². The molecule has 0 radical (unpaired) electrons. The van der Waals surface area contributed by atoms with Crippen molar-refractivity contribution in [2.75, 3.05) is 52.6 Å². The number of carbonyl (C=O) groups excluding carboxylic acids is 1. The van der Waals surface area contributed by atoms with E-state index in [1.807, 2.05) is 23.2 Å². The van der Waals surface area contributed by atoms with E-state index in [1.165, 1.54) is 10.9 Å². The highest BCUT2D eigenvalue weighted by Crippen LogP contribution is 2.28. The molecule has 8 heteroatoms. The number of morpholine rings is 2. The molecule has 34 heavy (non-hydrogen) atoms. The predicted molar refractivity (Wildman–Crippen MR) is 131 cm³/mol. The fraction of sp³-hybridized carbons (Fsp3) is 0.423. The van der Waals surface area contributed by atoms with Crippen LogP contribution in [0.2, 0.25) is 5.02 Å². The van der Waals surface area contributed by atoms with Crippen molar-refractivity contribution in [3.05, 3.63) is 65.3 Å². The number of hydrogen-bond donors (Lipinski definition) is 1. The summed E-state index contributed by atoms with van der Waals surface area (Å²) in [4.78, 5) is 20.7. The van der Waals surface area contributed by atoms with Crippen molar-refractivity contribution >= 4 is 28.4 Å². The summed E-state index contributed by atoms with van der Waals surface area (Å²) in [6, 6.07) is 15.7. The van der Waals surface area contributed by atoms with Crippen molar-refractivity contribution in [3.63, 3.8) is 0 Å².